The highest BCUT2D eigenvalue weighted by Gasteiger charge is 2.26. The maximum absolute atomic E-state index is 6.44. The fourth-order valence-corrected chi connectivity index (χ4v) is 4.44. The Labute approximate surface area is 202 Å². The van der Waals surface area contributed by atoms with Crippen LogP contribution < -0.4 is 14.4 Å². The Bertz CT molecular complexity index is 607. The summed E-state index contributed by atoms with van der Waals surface area (Å²) in [6.45, 7) is 10.2. The number of thioether (sulfide) groups is 1. The maximum Gasteiger partial charge on any atom is 0.236 e. The van der Waals surface area contributed by atoms with Crippen LogP contribution in [0.25, 0.3) is 0 Å². The molecule has 0 unspecified atom stereocenters. The van der Waals surface area contributed by atoms with E-state index in [0.29, 0.717) is 17.7 Å². The number of anilines is 1. The zero-order chi connectivity index (χ0) is 20.8. The summed E-state index contributed by atoms with van der Waals surface area (Å²) in [6, 6.07) is 0. The van der Waals surface area contributed by atoms with Gasteiger partial charge in [0.1, 0.15) is 17.1 Å². The van der Waals surface area contributed by atoms with E-state index in [1.807, 2.05) is 0 Å². The number of nitrogens with zero attached hydrogens (tertiary/aromatic N) is 5. The van der Waals surface area contributed by atoms with E-state index in [2.05, 4.69) is 48.9 Å². The number of hydrogen-bond donors (Lipinski definition) is 0. The van der Waals surface area contributed by atoms with Crippen molar-refractivity contribution in [1.29, 1.82) is 0 Å². The van der Waals surface area contributed by atoms with Crippen LogP contribution in [-0.2, 0) is 0 Å². The lowest BCUT2D eigenvalue weighted by Crippen LogP contribution is -2.36. The molecule has 0 aliphatic carbocycles. The maximum atomic E-state index is 6.44. The van der Waals surface area contributed by atoms with Crippen molar-refractivity contribution in [2.45, 2.75) is 56.6 Å². The van der Waals surface area contributed by atoms with Crippen molar-refractivity contribution in [3.05, 3.63) is 0 Å². The molecule has 0 bridgehead atoms. The smallest absolute Gasteiger partial charge is 0.236 e. The van der Waals surface area contributed by atoms with Gasteiger partial charge in [-0.15, -0.1) is 28.7 Å². The number of likely N-dealkylation sites (tertiary alicyclic amines) is 2. The number of piperidine rings is 2. The molecule has 2 fully saturated rings. The molecule has 10 heteroatoms. The molecule has 2 aliphatic heterocycles. The van der Waals surface area contributed by atoms with Crippen molar-refractivity contribution >= 4 is 34.7 Å². The molecule has 2 aliphatic rings. The van der Waals surface area contributed by atoms with Crippen LogP contribution in [-0.4, -0.2) is 97.1 Å². The molecule has 0 saturated carbocycles. The molecular formula is C21H40BrN5O3S. The lowest BCUT2D eigenvalue weighted by atomic mass is 10.1. The van der Waals surface area contributed by atoms with Crippen molar-refractivity contribution in [2.75, 3.05) is 64.5 Å². The summed E-state index contributed by atoms with van der Waals surface area (Å²) < 4.78 is 12.9. The van der Waals surface area contributed by atoms with E-state index < -0.39 is 0 Å². The molecule has 8 nitrogen and oxygen atoms in total. The molecule has 0 aromatic carbocycles. The Morgan fingerprint density at radius 1 is 0.871 bits per heavy atom. The number of hydrogen-bond acceptors (Lipinski definition) is 8. The second kappa shape index (κ2) is 13.7. The average Bonchev–Trinajstić information content (AvgIpc) is 2.72. The normalized spacial score (nSPS) is 18.7. The van der Waals surface area contributed by atoms with Crippen molar-refractivity contribution in [2.24, 2.45) is 0 Å². The molecule has 0 atom stereocenters. The quantitative estimate of drug-likeness (QED) is 0.482. The minimum absolute atomic E-state index is 0. The summed E-state index contributed by atoms with van der Waals surface area (Å²) in [4.78, 5) is 17.5. The van der Waals surface area contributed by atoms with E-state index in [9.17, 15) is 0 Å². The van der Waals surface area contributed by atoms with Crippen molar-refractivity contribution in [3.8, 4) is 11.8 Å². The molecule has 1 aromatic rings. The molecule has 0 spiro atoms. The third-order valence-corrected chi connectivity index (χ3v) is 6.69. The van der Waals surface area contributed by atoms with Gasteiger partial charge in [-0.2, -0.15) is 9.97 Å². The molecule has 2 saturated heterocycles. The first-order valence-corrected chi connectivity index (χ1v) is 12.2. The Kier molecular flexibility index (Phi) is 12.4. The van der Waals surface area contributed by atoms with Gasteiger partial charge in [-0.05, 0) is 59.9 Å². The number of aromatic nitrogens is 2. The SMILES string of the molecule is Br.CCN(CC)c1nc(OC2CCN(C)CC2)c(SC)c(OC2CCN(C)CC2)n1.O. The molecule has 3 rings (SSSR count). The first-order chi connectivity index (χ1) is 14.0. The topological polar surface area (TPSA) is 85.5 Å². The van der Waals surface area contributed by atoms with Crippen molar-refractivity contribution in [1.82, 2.24) is 19.8 Å². The van der Waals surface area contributed by atoms with E-state index >= 15 is 0 Å². The van der Waals surface area contributed by atoms with Gasteiger partial charge in [-0.25, -0.2) is 0 Å². The summed E-state index contributed by atoms with van der Waals surface area (Å²) in [6.07, 6.45) is 6.57. The molecule has 1 aromatic heterocycles. The molecule has 180 valence electrons. The van der Waals surface area contributed by atoms with Gasteiger partial charge in [-0.1, -0.05) is 0 Å². The molecule has 31 heavy (non-hydrogen) atoms. The zero-order valence-electron chi connectivity index (χ0n) is 19.6. The third kappa shape index (κ3) is 7.63. The fourth-order valence-electron chi connectivity index (χ4n) is 3.90. The lowest BCUT2D eigenvalue weighted by Gasteiger charge is -2.31. The van der Waals surface area contributed by atoms with Crippen LogP contribution in [0.5, 0.6) is 11.8 Å². The highest BCUT2D eigenvalue weighted by molar-refractivity contribution is 8.93. The third-order valence-electron chi connectivity index (χ3n) is 5.93. The van der Waals surface area contributed by atoms with Crippen molar-refractivity contribution < 1.29 is 14.9 Å². The Morgan fingerprint density at radius 2 is 1.26 bits per heavy atom. The molecule has 0 amide bonds. The van der Waals surface area contributed by atoms with Gasteiger partial charge in [-0.3, -0.25) is 0 Å². The van der Waals surface area contributed by atoms with E-state index in [0.717, 1.165) is 69.8 Å². The average molecular weight is 523 g/mol. The lowest BCUT2D eigenvalue weighted by molar-refractivity contribution is 0.0961. The van der Waals surface area contributed by atoms with Crippen LogP contribution in [0.1, 0.15) is 39.5 Å². The summed E-state index contributed by atoms with van der Waals surface area (Å²) >= 11 is 1.62. The summed E-state index contributed by atoms with van der Waals surface area (Å²) in [5, 5.41) is 0. The number of halogens is 1. The monoisotopic (exact) mass is 521 g/mol. The van der Waals surface area contributed by atoms with Crippen LogP contribution in [0.3, 0.4) is 0 Å². The van der Waals surface area contributed by atoms with E-state index in [1.165, 1.54) is 0 Å². The Morgan fingerprint density at radius 3 is 1.58 bits per heavy atom. The van der Waals surface area contributed by atoms with Crippen molar-refractivity contribution in [3.63, 3.8) is 0 Å². The fraction of sp³-hybridized carbons (Fsp3) is 0.810. The second-order valence-electron chi connectivity index (χ2n) is 8.08. The van der Waals surface area contributed by atoms with Gasteiger partial charge in [0.15, 0.2) is 0 Å². The highest BCUT2D eigenvalue weighted by atomic mass is 79.9. The van der Waals surface area contributed by atoms with Gasteiger partial charge in [0.05, 0.1) is 0 Å². The molecular weight excluding hydrogens is 482 g/mol. The van der Waals surface area contributed by atoms with E-state index in [4.69, 9.17) is 19.4 Å². The van der Waals surface area contributed by atoms with Crippen LogP contribution >= 0.6 is 28.7 Å². The first-order valence-electron chi connectivity index (χ1n) is 10.9. The molecule has 3 heterocycles. The van der Waals surface area contributed by atoms with Crippen LogP contribution in [0.2, 0.25) is 0 Å². The van der Waals surface area contributed by atoms with E-state index in [1.54, 1.807) is 11.8 Å². The predicted octanol–water partition coefficient (Wildman–Crippen LogP) is 2.74. The van der Waals surface area contributed by atoms with E-state index in [-0.39, 0.29) is 34.7 Å². The highest BCUT2D eigenvalue weighted by Crippen LogP contribution is 2.38. The van der Waals surface area contributed by atoms with Crippen LogP contribution in [0.15, 0.2) is 4.90 Å². The number of rotatable bonds is 8. The Hall–Kier alpha value is -0.810. The predicted molar refractivity (Wildman–Crippen MR) is 134 cm³/mol. The minimum atomic E-state index is 0. The molecule has 0 radical (unpaired) electrons. The van der Waals surface area contributed by atoms with Crippen LogP contribution in [0, 0.1) is 0 Å². The Balaban J connectivity index is 0.00000240. The standard InChI is InChI=1S/C21H37N5O2S.BrH.H2O/c1-6-26(7-2)21-22-19(27-16-8-12-24(3)13-9-16)18(29-5)20(23-21)28-17-10-14-25(4)15-11-17;;/h16-17H,6-15H2,1-5H3;1H;1H2. The summed E-state index contributed by atoms with van der Waals surface area (Å²) in [7, 11) is 4.33. The largest absolute Gasteiger partial charge is 0.473 e. The molecule has 2 N–H and O–H groups in total. The second-order valence-corrected chi connectivity index (χ2v) is 8.90. The first kappa shape index (κ1) is 28.2. The van der Waals surface area contributed by atoms with Gasteiger partial charge < -0.3 is 29.6 Å². The van der Waals surface area contributed by atoms with Crippen LogP contribution in [0.4, 0.5) is 5.95 Å². The zero-order valence-corrected chi connectivity index (χ0v) is 22.1. The summed E-state index contributed by atoms with van der Waals surface area (Å²) in [5.41, 5.74) is 0. The van der Waals surface area contributed by atoms with Gasteiger partial charge in [0.25, 0.3) is 0 Å². The van der Waals surface area contributed by atoms with Gasteiger partial charge in [0.2, 0.25) is 17.7 Å². The number of ether oxygens (including phenoxy) is 2. The summed E-state index contributed by atoms with van der Waals surface area (Å²) in [5.74, 6) is 2.08. The minimum Gasteiger partial charge on any atom is -0.473 e. The van der Waals surface area contributed by atoms with Gasteiger partial charge in [0, 0.05) is 39.3 Å². The van der Waals surface area contributed by atoms with Gasteiger partial charge >= 0.3 is 0 Å².